The van der Waals surface area contributed by atoms with Gasteiger partial charge in [0.15, 0.2) is 0 Å². The van der Waals surface area contributed by atoms with E-state index in [2.05, 4.69) is 21.2 Å². The molecule has 0 unspecified atom stereocenters. The fourth-order valence-electron chi connectivity index (χ4n) is 5.44. The number of anilines is 1. The van der Waals surface area contributed by atoms with E-state index < -0.39 is 28.5 Å². The number of hydrogen-bond donors (Lipinski definition) is 1. The number of hydrogen-bond acceptors (Lipinski definition) is 5. The highest BCUT2D eigenvalue weighted by molar-refractivity contribution is 9.10. The van der Waals surface area contributed by atoms with Crippen molar-refractivity contribution in [3.05, 3.63) is 86.8 Å². The first-order chi connectivity index (χ1) is 21.5. The van der Waals surface area contributed by atoms with E-state index in [1.165, 1.54) is 17.0 Å². The largest absolute Gasteiger partial charge is 0.494 e. The molecule has 3 aromatic carbocycles. The molecule has 12 heteroatoms. The lowest BCUT2D eigenvalue weighted by molar-refractivity contribution is -0.140. The Labute approximate surface area is 284 Å². The monoisotopic (exact) mass is 737 g/mol. The van der Waals surface area contributed by atoms with E-state index in [-0.39, 0.29) is 29.1 Å². The van der Waals surface area contributed by atoms with E-state index in [1.54, 1.807) is 54.6 Å². The van der Waals surface area contributed by atoms with Gasteiger partial charge in [0.1, 0.15) is 18.3 Å². The molecule has 8 nitrogen and oxygen atoms in total. The molecule has 242 valence electrons. The number of carbonyl (C=O) groups excluding carboxylic acids is 2. The van der Waals surface area contributed by atoms with Crippen LogP contribution in [0.5, 0.6) is 5.75 Å². The summed E-state index contributed by atoms with van der Waals surface area (Å²) in [6.45, 7) is 3.63. The Bertz CT molecular complexity index is 1570. The van der Waals surface area contributed by atoms with Gasteiger partial charge in [-0.25, -0.2) is 8.42 Å². The SMILES string of the molecule is CCOc1ccc(N(CC(=O)N(Cc2ccc(Cl)c(Cl)c2)[C@H](CC)C(=O)NC2CCCCC2)S(=O)(=O)c2ccc(Br)cc2)cc1. The molecule has 1 aliphatic carbocycles. The van der Waals surface area contributed by atoms with Crippen molar-refractivity contribution in [3.8, 4) is 5.75 Å². The fraction of sp³-hybridized carbons (Fsp3) is 0.394. The number of benzene rings is 3. The van der Waals surface area contributed by atoms with Gasteiger partial charge in [0, 0.05) is 17.1 Å². The van der Waals surface area contributed by atoms with Crippen LogP contribution >= 0.6 is 39.1 Å². The summed E-state index contributed by atoms with van der Waals surface area (Å²) < 4.78 is 35.5. The Hall–Kier alpha value is -2.79. The maximum Gasteiger partial charge on any atom is 0.264 e. The fourth-order valence-corrected chi connectivity index (χ4v) is 7.44. The van der Waals surface area contributed by atoms with E-state index in [0.717, 1.165) is 36.4 Å². The number of nitrogens with zero attached hydrogens (tertiary/aromatic N) is 2. The normalized spacial score (nSPS) is 14.4. The number of rotatable bonds is 13. The van der Waals surface area contributed by atoms with Crippen LogP contribution in [0, 0.1) is 0 Å². The topological polar surface area (TPSA) is 96.0 Å². The number of halogens is 3. The highest BCUT2D eigenvalue weighted by atomic mass is 79.9. The average molecular weight is 740 g/mol. The third-order valence-corrected chi connectivity index (χ3v) is 10.8. The molecule has 1 fully saturated rings. The van der Waals surface area contributed by atoms with Crippen LogP contribution in [0.1, 0.15) is 57.9 Å². The van der Waals surface area contributed by atoms with Gasteiger partial charge in [-0.15, -0.1) is 0 Å². The molecule has 0 saturated heterocycles. The Morgan fingerprint density at radius 2 is 1.62 bits per heavy atom. The van der Waals surface area contributed by atoms with Crippen LogP contribution in [-0.4, -0.2) is 50.4 Å². The zero-order valence-electron chi connectivity index (χ0n) is 25.3. The number of nitrogens with one attached hydrogen (secondary N) is 1. The molecule has 0 radical (unpaired) electrons. The molecule has 0 bridgehead atoms. The van der Waals surface area contributed by atoms with Gasteiger partial charge >= 0.3 is 0 Å². The van der Waals surface area contributed by atoms with Crippen molar-refractivity contribution < 1.29 is 22.7 Å². The Morgan fingerprint density at radius 3 is 2.22 bits per heavy atom. The summed E-state index contributed by atoms with van der Waals surface area (Å²) >= 11 is 15.8. The average Bonchev–Trinajstić information content (AvgIpc) is 3.02. The van der Waals surface area contributed by atoms with Crippen molar-refractivity contribution >= 4 is 66.7 Å². The van der Waals surface area contributed by atoms with E-state index in [9.17, 15) is 18.0 Å². The maximum atomic E-state index is 14.3. The van der Waals surface area contributed by atoms with Gasteiger partial charge in [0.25, 0.3) is 10.0 Å². The minimum atomic E-state index is -4.20. The molecule has 3 aromatic rings. The molecule has 45 heavy (non-hydrogen) atoms. The van der Waals surface area contributed by atoms with Gasteiger partial charge in [-0.2, -0.15) is 0 Å². The van der Waals surface area contributed by atoms with Crippen molar-refractivity contribution in [2.75, 3.05) is 17.5 Å². The van der Waals surface area contributed by atoms with Crippen LogP contribution in [0.4, 0.5) is 5.69 Å². The number of amides is 2. The van der Waals surface area contributed by atoms with Crippen molar-refractivity contribution in [2.45, 2.75) is 75.9 Å². The van der Waals surface area contributed by atoms with Crippen LogP contribution in [0.25, 0.3) is 0 Å². The predicted octanol–water partition coefficient (Wildman–Crippen LogP) is 7.61. The lowest BCUT2D eigenvalue weighted by Gasteiger charge is -2.34. The van der Waals surface area contributed by atoms with E-state index >= 15 is 0 Å². The van der Waals surface area contributed by atoms with Gasteiger partial charge in [0.05, 0.1) is 27.2 Å². The summed E-state index contributed by atoms with van der Waals surface area (Å²) in [5.41, 5.74) is 0.939. The smallest absolute Gasteiger partial charge is 0.264 e. The lowest BCUT2D eigenvalue weighted by Crippen LogP contribution is -2.54. The van der Waals surface area contributed by atoms with Gasteiger partial charge in [0.2, 0.25) is 11.8 Å². The Kier molecular flexibility index (Phi) is 12.6. The Morgan fingerprint density at radius 1 is 0.956 bits per heavy atom. The zero-order chi connectivity index (χ0) is 32.6. The van der Waals surface area contributed by atoms with Crippen LogP contribution in [0.3, 0.4) is 0 Å². The van der Waals surface area contributed by atoms with E-state index in [1.807, 2.05) is 13.8 Å². The van der Waals surface area contributed by atoms with Crippen molar-refractivity contribution in [1.82, 2.24) is 10.2 Å². The van der Waals surface area contributed by atoms with E-state index in [4.69, 9.17) is 27.9 Å². The molecule has 4 rings (SSSR count). The molecular formula is C33H38BrCl2N3O5S. The first-order valence-corrected chi connectivity index (χ1v) is 18.1. The molecule has 0 spiro atoms. The third-order valence-electron chi connectivity index (χ3n) is 7.79. The summed E-state index contributed by atoms with van der Waals surface area (Å²) in [4.78, 5) is 29.5. The Balaban J connectivity index is 1.72. The first kappa shape index (κ1) is 35.1. The highest BCUT2D eigenvalue weighted by Gasteiger charge is 2.34. The summed E-state index contributed by atoms with van der Waals surface area (Å²) in [6.07, 6.45) is 5.32. The summed E-state index contributed by atoms with van der Waals surface area (Å²) in [6, 6.07) is 17.0. The molecule has 0 aromatic heterocycles. The second kappa shape index (κ2) is 16.2. The van der Waals surface area contributed by atoms with Gasteiger partial charge < -0.3 is 15.0 Å². The third kappa shape index (κ3) is 9.15. The minimum Gasteiger partial charge on any atom is -0.494 e. The number of ether oxygens (including phenoxy) is 1. The van der Waals surface area contributed by atoms with Gasteiger partial charge in [-0.1, -0.05) is 71.4 Å². The molecule has 0 aliphatic heterocycles. The lowest BCUT2D eigenvalue weighted by atomic mass is 9.95. The predicted molar refractivity (Wildman–Crippen MR) is 182 cm³/mol. The quantitative estimate of drug-likeness (QED) is 0.195. The number of carbonyl (C=O) groups is 2. The van der Waals surface area contributed by atoms with Crippen LogP contribution in [0.15, 0.2) is 76.1 Å². The van der Waals surface area contributed by atoms with Crippen LogP contribution in [0.2, 0.25) is 10.0 Å². The molecule has 1 saturated carbocycles. The van der Waals surface area contributed by atoms with Crippen LogP contribution < -0.4 is 14.4 Å². The molecule has 2 amide bonds. The van der Waals surface area contributed by atoms with Crippen molar-refractivity contribution in [2.24, 2.45) is 0 Å². The number of sulfonamides is 1. The second-order valence-electron chi connectivity index (χ2n) is 10.9. The van der Waals surface area contributed by atoms with Crippen molar-refractivity contribution in [1.29, 1.82) is 0 Å². The molecule has 0 heterocycles. The van der Waals surface area contributed by atoms with Crippen molar-refractivity contribution in [3.63, 3.8) is 0 Å². The standard InChI is InChI=1S/C33H38BrCl2N3O5S/c1-3-31(33(41)37-25-8-6-5-7-9-25)38(21-23-10-19-29(35)30(36)20-23)32(40)22-39(26-13-15-27(16-14-26)44-4-2)45(42,43)28-17-11-24(34)12-18-28/h10-20,25,31H,3-9,21-22H2,1-2H3,(H,37,41)/t31-/m1/s1. The highest BCUT2D eigenvalue weighted by Crippen LogP contribution is 2.29. The van der Waals surface area contributed by atoms with Gasteiger partial charge in [-0.05, 0) is 92.4 Å². The zero-order valence-corrected chi connectivity index (χ0v) is 29.3. The van der Waals surface area contributed by atoms with Gasteiger partial charge in [-0.3, -0.25) is 13.9 Å². The maximum absolute atomic E-state index is 14.3. The summed E-state index contributed by atoms with van der Waals surface area (Å²) in [5, 5.41) is 3.82. The minimum absolute atomic E-state index is 0.0190. The molecular weight excluding hydrogens is 701 g/mol. The summed E-state index contributed by atoms with van der Waals surface area (Å²) in [5.74, 6) is -0.234. The molecule has 1 atom stereocenters. The summed E-state index contributed by atoms with van der Waals surface area (Å²) in [7, 11) is -4.20. The van der Waals surface area contributed by atoms with Crippen LogP contribution in [-0.2, 0) is 26.2 Å². The second-order valence-corrected chi connectivity index (χ2v) is 14.5. The van der Waals surface area contributed by atoms with E-state index in [0.29, 0.717) is 38.9 Å². The first-order valence-electron chi connectivity index (χ1n) is 15.1. The molecule has 1 N–H and O–H groups in total. The molecule has 1 aliphatic rings.